The van der Waals surface area contributed by atoms with E-state index in [2.05, 4.69) is 163 Å². The summed E-state index contributed by atoms with van der Waals surface area (Å²) in [5.41, 5.74) is 5.75. The van der Waals surface area contributed by atoms with Gasteiger partial charge in [0, 0.05) is 5.39 Å². The third kappa shape index (κ3) is 3.39. The van der Waals surface area contributed by atoms with E-state index in [1.54, 1.807) is 0 Å². The molecule has 0 N–H and O–H groups in total. The Morgan fingerprint density at radius 2 is 0.958 bits per heavy atom. The molecule has 1 heterocycles. The maximum atomic E-state index is 4.89. The molecule has 11 aromatic rings. The lowest BCUT2D eigenvalue weighted by molar-refractivity contribution is 1.01. The Balaban J connectivity index is 1.31. The smallest absolute Gasteiger partial charge is 0.111 e. The van der Waals surface area contributed by atoms with Crippen molar-refractivity contribution in [2.45, 2.75) is 6.92 Å². The van der Waals surface area contributed by atoms with Crippen molar-refractivity contribution in [3.8, 4) is 16.8 Å². The molecule has 0 saturated heterocycles. The van der Waals surface area contributed by atoms with Crippen molar-refractivity contribution in [2.75, 3.05) is 0 Å². The highest BCUT2D eigenvalue weighted by molar-refractivity contribution is 6.37. The van der Waals surface area contributed by atoms with Crippen molar-refractivity contribution in [1.29, 1.82) is 0 Å². The molecule has 11 rings (SSSR count). The Hall–Kier alpha value is -6.25. The molecule has 10 aromatic carbocycles. The van der Waals surface area contributed by atoms with Crippen molar-refractivity contribution < 1.29 is 0 Å². The molecule has 0 atom stereocenters. The van der Waals surface area contributed by atoms with E-state index in [1.807, 2.05) is 0 Å². The first-order chi connectivity index (χ1) is 23.7. The minimum Gasteiger partial charge on any atom is -0.296 e. The largest absolute Gasteiger partial charge is 0.296 e. The molecule has 0 saturated carbocycles. The Morgan fingerprint density at radius 1 is 0.417 bits per heavy atom. The summed E-state index contributed by atoms with van der Waals surface area (Å²) in [6, 6.07) is 56.3. The maximum absolute atomic E-state index is 4.89. The second-order valence-corrected chi connectivity index (χ2v) is 13.1. The molecule has 0 aliphatic heterocycles. The van der Waals surface area contributed by atoms with Gasteiger partial charge in [-0.05, 0) is 118 Å². The number of fused-ring (bicyclic) bond motifs is 4. The molecule has 1 aromatic heterocycles. The molecule has 222 valence electrons. The van der Waals surface area contributed by atoms with E-state index in [0.717, 1.165) is 22.5 Å². The van der Waals surface area contributed by atoms with Crippen LogP contribution in [0.25, 0.3) is 103 Å². The molecule has 0 amide bonds. The van der Waals surface area contributed by atoms with E-state index in [9.17, 15) is 0 Å². The summed E-state index contributed by atoms with van der Waals surface area (Å²) in [7, 11) is 0. The van der Waals surface area contributed by atoms with Crippen LogP contribution in [0.3, 0.4) is 0 Å². The number of hydrogen-bond acceptors (Lipinski definition) is 1. The molecule has 48 heavy (non-hydrogen) atoms. The Bertz CT molecular complexity index is 3120. The maximum Gasteiger partial charge on any atom is 0.111 e. The second kappa shape index (κ2) is 9.40. The van der Waals surface area contributed by atoms with Gasteiger partial charge in [0.1, 0.15) is 5.82 Å². The molecule has 0 aliphatic rings. The second-order valence-electron chi connectivity index (χ2n) is 13.1. The number of hydrogen-bond donors (Lipinski definition) is 0. The number of benzene rings is 9. The first-order valence-electron chi connectivity index (χ1n) is 16.6. The minimum atomic E-state index is 0.988. The standard InChI is InChI=1S/C46H28N2/c1-27-47-40-17-4-5-18-42(40)48(27)41-24-23-33(34-12-2-3-13-35(34)41)32-25-31-22-21-30-10-7-15-37-36-14-6-9-28-19-20-29-11-8-16-38(45(29)43(28)36)39(26-32)46(31)44(30)37/h2-26H,1H3. The van der Waals surface area contributed by atoms with Crippen molar-refractivity contribution in [2.24, 2.45) is 0 Å². The van der Waals surface area contributed by atoms with Crippen LogP contribution in [0.2, 0.25) is 0 Å². The number of para-hydroxylation sites is 2. The minimum absolute atomic E-state index is 0.988. The number of imidazole rings is 1. The van der Waals surface area contributed by atoms with Crippen molar-refractivity contribution in [3.05, 3.63) is 157 Å². The predicted molar refractivity (Wildman–Crippen MR) is 205 cm³/mol. The van der Waals surface area contributed by atoms with Crippen LogP contribution in [0, 0.1) is 6.92 Å². The van der Waals surface area contributed by atoms with Crippen LogP contribution < -0.4 is 0 Å². The lowest BCUT2D eigenvalue weighted by Crippen LogP contribution is -1.99. The summed E-state index contributed by atoms with van der Waals surface area (Å²) < 4.78 is 2.30. The van der Waals surface area contributed by atoms with Crippen LogP contribution >= 0.6 is 0 Å². The van der Waals surface area contributed by atoms with Gasteiger partial charge in [-0.3, -0.25) is 4.57 Å². The molecule has 0 aliphatic carbocycles. The number of nitrogens with zero attached hydrogens (tertiary/aromatic N) is 2. The van der Waals surface area contributed by atoms with Gasteiger partial charge in [-0.25, -0.2) is 4.98 Å². The van der Waals surface area contributed by atoms with Crippen LogP contribution in [0.4, 0.5) is 0 Å². The predicted octanol–water partition coefficient (Wildman–Crippen LogP) is 12.5. The molecule has 0 fully saturated rings. The van der Waals surface area contributed by atoms with Crippen LogP contribution in [0.15, 0.2) is 152 Å². The van der Waals surface area contributed by atoms with Gasteiger partial charge in [0.15, 0.2) is 0 Å². The van der Waals surface area contributed by atoms with E-state index in [0.29, 0.717) is 0 Å². The zero-order valence-corrected chi connectivity index (χ0v) is 26.3. The molecule has 0 radical (unpaired) electrons. The molecular weight excluding hydrogens is 581 g/mol. The zero-order chi connectivity index (χ0) is 31.5. The summed E-state index contributed by atoms with van der Waals surface area (Å²) in [4.78, 5) is 4.89. The fraction of sp³-hybridized carbons (Fsp3) is 0.0217. The van der Waals surface area contributed by atoms with Crippen molar-refractivity contribution >= 4 is 86.4 Å². The van der Waals surface area contributed by atoms with Crippen LogP contribution in [-0.2, 0) is 0 Å². The highest BCUT2D eigenvalue weighted by Gasteiger charge is 2.18. The Morgan fingerprint density at radius 3 is 1.65 bits per heavy atom. The summed E-state index contributed by atoms with van der Waals surface area (Å²) in [6.45, 7) is 2.10. The third-order valence-corrected chi connectivity index (χ3v) is 10.6. The van der Waals surface area contributed by atoms with E-state index < -0.39 is 0 Å². The zero-order valence-electron chi connectivity index (χ0n) is 26.3. The van der Waals surface area contributed by atoms with Gasteiger partial charge in [-0.1, -0.05) is 121 Å². The SMILES string of the molecule is Cc1nc2ccccc2n1-c1ccc(-c2cc3ccc4cccc5c6cccc7ccc8cccc(c(c2)c3c45)c8c76)c2ccccc12. The number of aryl methyl sites for hydroxylation is 1. The summed E-state index contributed by atoms with van der Waals surface area (Å²) in [5, 5.41) is 18.1. The third-order valence-electron chi connectivity index (χ3n) is 10.6. The van der Waals surface area contributed by atoms with Gasteiger partial charge in [0.2, 0.25) is 0 Å². The molecule has 0 spiro atoms. The Kier molecular flexibility index (Phi) is 5.07. The molecule has 2 heteroatoms. The topological polar surface area (TPSA) is 17.8 Å². The first kappa shape index (κ1) is 25.9. The van der Waals surface area contributed by atoms with Gasteiger partial charge in [0.05, 0.1) is 16.7 Å². The lowest BCUT2D eigenvalue weighted by atomic mass is 9.86. The molecule has 0 bridgehead atoms. The monoisotopic (exact) mass is 608 g/mol. The summed E-state index contributed by atoms with van der Waals surface area (Å²) >= 11 is 0. The molecular formula is C46H28N2. The average molecular weight is 609 g/mol. The first-order valence-corrected chi connectivity index (χ1v) is 16.6. The van der Waals surface area contributed by atoms with Crippen molar-refractivity contribution in [1.82, 2.24) is 9.55 Å². The summed E-state index contributed by atoms with van der Waals surface area (Å²) in [6.07, 6.45) is 0. The number of rotatable bonds is 2. The van der Waals surface area contributed by atoms with Crippen LogP contribution in [0.1, 0.15) is 5.82 Å². The highest BCUT2D eigenvalue weighted by Crippen LogP contribution is 2.45. The fourth-order valence-corrected chi connectivity index (χ4v) is 8.62. The van der Waals surface area contributed by atoms with E-state index in [4.69, 9.17) is 4.98 Å². The van der Waals surface area contributed by atoms with Gasteiger partial charge < -0.3 is 0 Å². The molecule has 0 unspecified atom stereocenters. The normalized spacial score (nSPS) is 12.3. The van der Waals surface area contributed by atoms with Crippen LogP contribution in [-0.4, -0.2) is 9.55 Å². The Labute approximate surface area is 276 Å². The van der Waals surface area contributed by atoms with Gasteiger partial charge in [-0.15, -0.1) is 0 Å². The van der Waals surface area contributed by atoms with E-state index in [1.165, 1.54) is 86.5 Å². The van der Waals surface area contributed by atoms with E-state index >= 15 is 0 Å². The van der Waals surface area contributed by atoms with E-state index in [-0.39, 0.29) is 0 Å². The van der Waals surface area contributed by atoms with Gasteiger partial charge >= 0.3 is 0 Å². The highest BCUT2D eigenvalue weighted by atomic mass is 15.1. The molecule has 2 nitrogen and oxygen atoms in total. The lowest BCUT2D eigenvalue weighted by Gasteiger charge is -2.18. The quantitative estimate of drug-likeness (QED) is 0.179. The van der Waals surface area contributed by atoms with Crippen LogP contribution in [0.5, 0.6) is 0 Å². The van der Waals surface area contributed by atoms with Gasteiger partial charge in [-0.2, -0.15) is 0 Å². The van der Waals surface area contributed by atoms with Gasteiger partial charge in [0.25, 0.3) is 0 Å². The van der Waals surface area contributed by atoms with Crippen molar-refractivity contribution in [3.63, 3.8) is 0 Å². The number of aromatic nitrogens is 2. The fourth-order valence-electron chi connectivity index (χ4n) is 8.62. The summed E-state index contributed by atoms with van der Waals surface area (Å²) in [5.74, 6) is 0.988. The average Bonchev–Trinajstić information content (AvgIpc) is 3.47.